The van der Waals surface area contributed by atoms with Crippen LogP contribution in [0.4, 0.5) is 0 Å². The highest BCUT2D eigenvalue weighted by molar-refractivity contribution is 4.57. The van der Waals surface area contributed by atoms with E-state index in [2.05, 4.69) is 20.8 Å². The third kappa shape index (κ3) is 10.0. The van der Waals surface area contributed by atoms with E-state index >= 15 is 0 Å². The van der Waals surface area contributed by atoms with Crippen molar-refractivity contribution in [2.75, 3.05) is 0 Å². The number of hydrogen-bond donors (Lipinski definition) is 1. The normalized spacial score (nSPS) is 13.5. The summed E-state index contributed by atoms with van der Waals surface area (Å²) >= 11 is 0. The summed E-state index contributed by atoms with van der Waals surface area (Å²) in [6, 6.07) is 0. The van der Waals surface area contributed by atoms with Crippen LogP contribution in [0.25, 0.3) is 0 Å². The Bertz CT molecular complexity index is 110. The van der Waals surface area contributed by atoms with Gasteiger partial charge in [0, 0.05) is 0 Å². The third-order valence-electron chi connectivity index (χ3n) is 2.71. The smallest absolute Gasteiger partial charge is 0.0540 e. The number of aliphatic hydroxyl groups excluding tert-OH is 1. The molecule has 0 aliphatic rings. The summed E-state index contributed by atoms with van der Waals surface area (Å²) in [6.07, 6.45) is 9.49. The van der Waals surface area contributed by atoms with Gasteiger partial charge >= 0.3 is 0 Å². The summed E-state index contributed by atoms with van der Waals surface area (Å²) < 4.78 is 0. The van der Waals surface area contributed by atoms with Crippen molar-refractivity contribution in [2.24, 2.45) is 5.92 Å². The minimum atomic E-state index is -0.0336. The summed E-state index contributed by atoms with van der Waals surface area (Å²) in [4.78, 5) is 0. The largest absolute Gasteiger partial charge is 0.393 e. The quantitative estimate of drug-likeness (QED) is 0.554. The van der Waals surface area contributed by atoms with E-state index in [0.717, 1.165) is 18.8 Å². The van der Waals surface area contributed by atoms with Gasteiger partial charge < -0.3 is 5.11 Å². The van der Waals surface area contributed by atoms with Crippen LogP contribution in [0.2, 0.25) is 0 Å². The molecule has 1 nitrogen and oxygen atoms in total. The predicted octanol–water partition coefficient (Wildman–Crippen LogP) is 4.14. The summed E-state index contributed by atoms with van der Waals surface area (Å²) in [5.41, 5.74) is 0. The van der Waals surface area contributed by atoms with Gasteiger partial charge in [0.2, 0.25) is 0 Å². The van der Waals surface area contributed by atoms with Crippen LogP contribution < -0.4 is 0 Å². The number of hydrogen-bond acceptors (Lipinski definition) is 1. The molecule has 0 bridgehead atoms. The highest BCUT2D eigenvalue weighted by Crippen LogP contribution is 2.13. The zero-order valence-electron chi connectivity index (χ0n) is 10.3. The molecule has 0 aliphatic carbocycles. The maximum atomic E-state index is 9.64. The fourth-order valence-electron chi connectivity index (χ4n) is 1.71. The van der Waals surface area contributed by atoms with Crippen LogP contribution in [-0.2, 0) is 0 Å². The number of aliphatic hydroxyl groups is 1. The van der Waals surface area contributed by atoms with E-state index < -0.39 is 0 Å². The Labute approximate surface area is 89.9 Å². The molecule has 1 heteroatoms. The van der Waals surface area contributed by atoms with Gasteiger partial charge in [0.15, 0.2) is 0 Å². The van der Waals surface area contributed by atoms with Gasteiger partial charge in [0.25, 0.3) is 0 Å². The monoisotopic (exact) mass is 200 g/mol. The van der Waals surface area contributed by atoms with Gasteiger partial charge in [-0.1, -0.05) is 59.3 Å². The standard InChI is InChI=1S/C13H28O/c1-4-5-6-10-13(14)11-8-7-9-12(2)3/h12-14H,4-11H2,1-3H3. The molecule has 0 radical (unpaired) electrons. The summed E-state index contributed by atoms with van der Waals surface area (Å²) in [5, 5.41) is 9.64. The Hall–Kier alpha value is -0.0400. The van der Waals surface area contributed by atoms with E-state index in [4.69, 9.17) is 0 Å². The Balaban J connectivity index is 3.14. The van der Waals surface area contributed by atoms with Crippen LogP contribution in [0, 0.1) is 5.92 Å². The summed E-state index contributed by atoms with van der Waals surface area (Å²) in [5.74, 6) is 0.812. The lowest BCUT2D eigenvalue weighted by molar-refractivity contribution is 0.147. The van der Waals surface area contributed by atoms with Crippen molar-refractivity contribution in [1.29, 1.82) is 0 Å². The van der Waals surface area contributed by atoms with Crippen molar-refractivity contribution in [1.82, 2.24) is 0 Å². The molecule has 1 unspecified atom stereocenters. The molecule has 1 atom stereocenters. The first-order chi connectivity index (χ1) is 6.66. The lowest BCUT2D eigenvalue weighted by Gasteiger charge is -2.10. The van der Waals surface area contributed by atoms with E-state index in [0.29, 0.717) is 0 Å². The molecule has 0 aromatic carbocycles. The molecular formula is C13H28O. The van der Waals surface area contributed by atoms with Gasteiger partial charge in [0.05, 0.1) is 6.10 Å². The maximum absolute atomic E-state index is 9.64. The molecule has 0 rings (SSSR count). The van der Waals surface area contributed by atoms with Crippen LogP contribution >= 0.6 is 0 Å². The topological polar surface area (TPSA) is 20.2 Å². The molecule has 0 spiro atoms. The van der Waals surface area contributed by atoms with Crippen molar-refractivity contribution in [3.63, 3.8) is 0 Å². The highest BCUT2D eigenvalue weighted by atomic mass is 16.3. The Morgan fingerprint density at radius 2 is 1.36 bits per heavy atom. The van der Waals surface area contributed by atoms with Crippen molar-refractivity contribution in [2.45, 2.75) is 78.2 Å². The molecule has 0 saturated heterocycles. The van der Waals surface area contributed by atoms with Crippen molar-refractivity contribution in [3.05, 3.63) is 0 Å². The van der Waals surface area contributed by atoms with Crippen LogP contribution in [0.3, 0.4) is 0 Å². The fourth-order valence-corrected chi connectivity index (χ4v) is 1.71. The Kier molecular flexibility index (Phi) is 9.49. The van der Waals surface area contributed by atoms with Crippen LogP contribution in [0.1, 0.15) is 72.1 Å². The molecule has 0 amide bonds. The second-order valence-electron chi connectivity index (χ2n) is 4.83. The van der Waals surface area contributed by atoms with Crippen molar-refractivity contribution in [3.8, 4) is 0 Å². The van der Waals surface area contributed by atoms with Gasteiger partial charge in [-0.05, 0) is 18.8 Å². The van der Waals surface area contributed by atoms with Crippen LogP contribution in [0.5, 0.6) is 0 Å². The summed E-state index contributed by atoms with van der Waals surface area (Å²) in [6.45, 7) is 6.73. The van der Waals surface area contributed by atoms with Crippen molar-refractivity contribution >= 4 is 0 Å². The van der Waals surface area contributed by atoms with E-state index in [9.17, 15) is 5.11 Å². The zero-order chi connectivity index (χ0) is 10.8. The Morgan fingerprint density at radius 1 is 0.857 bits per heavy atom. The van der Waals surface area contributed by atoms with Gasteiger partial charge in [-0.2, -0.15) is 0 Å². The lowest BCUT2D eigenvalue weighted by Crippen LogP contribution is -2.06. The second kappa shape index (κ2) is 9.51. The molecule has 0 aromatic rings. The molecular weight excluding hydrogens is 172 g/mol. The maximum Gasteiger partial charge on any atom is 0.0540 e. The molecule has 0 fully saturated rings. The first kappa shape index (κ1) is 14.0. The number of unbranched alkanes of at least 4 members (excludes halogenated alkanes) is 3. The average Bonchev–Trinajstić information content (AvgIpc) is 2.13. The molecule has 14 heavy (non-hydrogen) atoms. The van der Waals surface area contributed by atoms with Gasteiger partial charge in [0.1, 0.15) is 0 Å². The SMILES string of the molecule is CCCCCC(O)CCCCC(C)C. The Morgan fingerprint density at radius 3 is 1.86 bits per heavy atom. The zero-order valence-corrected chi connectivity index (χ0v) is 10.3. The molecule has 0 heterocycles. The number of rotatable bonds is 9. The third-order valence-corrected chi connectivity index (χ3v) is 2.71. The minimum absolute atomic E-state index is 0.0336. The molecule has 0 saturated carbocycles. The van der Waals surface area contributed by atoms with Gasteiger partial charge in [-0.15, -0.1) is 0 Å². The second-order valence-corrected chi connectivity index (χ2v) is 4.83. The molecule has 1 N–H and O–H groups in total. The van der Waals surface area contributed by atoms with Crippen LogP contribution in [-0.4, -0.2) is 11.2 Å². The lowest BCUT2D eigenvalue weighted by atomic mass is 10.0. The minimum Gasteiger partial charge on any atom is -0.393 e. The van der Waals surface area contributed by atoms with E-state index in [1.165, 1.54) is 38.5 Å². The van der Waals surface area contributed by atoms with Crippen molar-refractivity contribution < 1.29 is 5.11 Å². The average molecular weight is 200 g/mol. The molecule has 0 aliphatic heterocycles. The van der Waals surface area contributed by atoms with E-state index in [-0.39, 0.29) is 6.10 Å². The van der Waals surface area contributed by atoms with Gasteiger partial charge in [-0.25, -0.2) is 0 Å². The fraction of sp³-hybridized carbons (Fsp3) is 1.00. The first-order valence-corrected chi connectivity index (χ1v) is 6.34. The summed E-state index contributed by atoms with van der Waals surface area (Å²) in [7, 11) is 0. The van der Waals surface area contributed by atoms with Crippen LogP contribution in [0.15, 0.2) is 0 Å². The molecule has 86 valence electrons. The van der Waals surface area contributed by atoms with E-state index in [1.54, 1.807) is 0 Å². The first-order valence-electron chi connectivity index (χ1n) is 6.34. The molecule has 0 aromatic heterocycles. The predicted molar refractivity (Wildman–Crippen MR) is 63.5 cm³/mol. The van der Waals surface area contributed by atoms with Gasteiger partial charge in [-0.3, -0.25) is 0 Å². The van der Waals surface area contributed by atoms with E-state index in [1.807, 2.05) is 0 Å². The highest BCUT2D eigenvalue weighted by Gasteiger charge is 2.03.